The molecule has 0 bridgehead atoms. The number of benzene rings is 1. The Hall–Kier alpha value is -2.50. The van der Waals surface area contributed by atoms with Crippen molar-refractivity contribution < 1.29 is 9.72 Å². The van der Waals surface area contributed by atoms with E-state index in [-0.39, 0.29) is 16.9 Å². The van der Waals surface area contributed by atoms with Crippen LogP contribution in [0.4, 0.5) is 5.69 Å². The first-order valence-electron chi connectivity index (χ1n) is 6.72. The minimum absolute atomic E-state index is 0.0381. The van der Waals surface area contributed by atoms with Crippen LogP contribution in [-0.4, -0.2) is 20.5 Å². The van der Waals surface area contributed by atoms with Crippen LogP contribution < -0.4 is 0 Å². The normalized spacial score (nSPS) is 16.6. The molecular weight excluding hydrogens is 270 g/mol. The molecule has 0 saturated heterocycles. The lowest BCUT2D eigenvalue weighted by molar-refractivity contribution is -0.384. The zero-order chi connectivity index (χ0) is 15.2. The van der Waals surface area contributed by atoms with Crippen LogP contribution in [0.2, 0.25) is 0 Å². The molecule has 0 amide bonds. The number of carbonyl (C=O) groups is 1. The molecule has 108 valence electrons. The van der Waals surface area contributed by atoms with E-state index in [1.54, 1.807) is 23.0 Å². The smallest absolute Gasteiger partial charge is 0.269 e. The second-order valence-corrected chi connectivity index (χ2v) is 6.13. The third-order valence-corrected chi connectivity index (χ3v) is 3.76. The predicted octanol–water partition coefficient (Wildman–Crippen LogP) is 2.94. The highest BCUT2D eigenvalue weighted by molar-refractivity contribution is 5.98. The van der Waals surface area contributed by atoms with Crippen LogP contribution in [0.1, 0.15) is 36.3 Å². The number of hydrogen-bond donors (Lipinski definition) is 0. The van der Waals surface area contributed by atoms with Crippen LogP contribution in [0.3, 0.4) is 0 Å². The van der Waals surface area contributed by atoms with Crippen molar-refractivity contribution >= 4 is 11.5 Å². The summed E-state index contributed by atoms with van der Waals surface area (Å²) in [6, 6.07) is 6.19. The molecule has 0 aliphatic heterocycles. The summed E-state index contributed by atoms with van der Waals surface area (Å²) in [5, 5.41) is 15.0. The molecule has 0 fully saturated rings. The molecule has 1 aliphatic rings. The third kappa shape index (κ3) is 2.33. The molecule has 1 aromatic heterocycles. The standard InChI is InChI=1S/C15H15N3O3/c1-15(2)7-13-12(14(19)8-15)9-16-17(13)10-3-5-11(6-4-10)18(20)21/h3-6,9H,7-8H2,1-2H3. The Balaban J connectivity index is 2.05. The average Bonchev–Trinajstić information content (AvgIpc) is 2.81. The van der Waals surface area contributed by atoms with Crippen LogP contribution >= 0.6 is 0 Å². The first-order valence-corrected chi connectivity index (χ1v) is 6.72. The Morgan fingerprint density at radius 2 is 1.90 bits per heavy atom. The fourth-order valence-corrected chi connectivity index (χ4v) is 2.76. The molecule has 0 N–H and O–H groups in total. The van der Waals surface area contributed by atoms with Gasteiger partial charge in [-0.3, -0.25) is 14.9 Å². The van der Waals surface area contributed by atoms with Gasteiger partial charge < -0.3 is 0 Å². The fraction of sp³-hybridized carbons (Fsp3) is 0.333. The zero-order valence-electron chi connectivity index (χ0n) is 11.9. The molecular formula is C15H15N3O3. The minimum Gasteiger partial charge on any atom is -0.294 e. The van der Waals surface area contributed by atoms with Gasteiger partial charge in [-0.25, -0.2) is 4.68 Å². The Kier molecular flexibility index (Phi) is 2.90. The number of rotatable bonds is 2. The van der Waals surface area contributed by atoms with Gasteiger partial charge in [-0.1, -0.05) is 13.8 Å². The maximum absolute atomic E-state index is 12.1. The van der Waals surface area contributed by atoms with E-state index in [0.29, 0.717) is 12.0 Å². The minimum atomic E-state index is -0.436. The molecule has 0 radical (unpaired) electrons. The maximum atomic E-state index is 12.1. The average molecular weight is 285 g/mol. The number of nitro groups is 1. The topological polar surface area (TPSA) is 78.0 Å². The lowest BCUT2D eigenvalue weighted by Crippen LogP contribution is -2.27. The summed E-state index contributed by atoms with van der Waals surface area (Å²) in [4.78, 5) is 22.4. The number of fused-ring (bicyclic) bond motifs is 1. The van der Waals surface area contributed by atoms with Gasteiger partial charge in [0.2, 0.25) is 0 Å². The third-order valence-electron chi connectivity index (χ3n) is 3.76. The van der Waals surface area contributed by atoms with Crippen molar-refractivity contribution in [3.8, 4) is 5.69 Å². The monoisotopic (exact) mass is 285 g/mol. The quantitative estimate of drug-likeness (QED) is 0.627. The first kappa shape index (κ1) is 13.5. The summed E-state index contributed by atoms with van der Waals surface area (Å²) in [6.45, 7) is 4.11. The lowest BCUT2D eigenvalue weighted by atomic mass is 9.76. The highest BCUT2D eigenvalue weighted by atomic mass is 16.6. The van der Waals surface area contributed by atoms with Crippen LogP contribution in [0.25, 0.3) is 5.69 Å². The van der Waals surface area contributed by atoms with Gasteiger partial charge >= 0.3 is 0 Å². The zero-order valence-corrected chi connectivity index (χ0v) is 11.9. The number of nitro benzene ring substituents is 1. The van der Waals surface area contributed by atoms with E-state index in [4.69, 9.17) is 0 Å². The summed E-state index contributed by atoms with van der Waals surface area (Å²) in [5.74, 6) is 0.106. The summed E-state index contributed by atoms with van der Waals surface area (Å²) in [7, 11) is 0. The summed E-state index contributed by atoms with van der Waals surface area (Å²) >= 11 is 0. The van der Waals surface area contributed by atoms with Crippen molar-refractivity contribution in [1.82, 2.24) is 9.78 Å². The van der Waals surface area contributed by atoms with Crippen LogP contribution in [0.15, 0.2) is 30.5 Å². The molecule has 1 heterocycles. The Morgan fingerprint density at radius 3 is 2.52 bits per heavy atom. The SMILES string of the molecule is CC1(C)CC(=O)c2cnn(-c3ccc([N+](=O)[O-])cc3)c2C1. The second-order valence-electron chi connectivity index (χ2n) is 6.13. The van der Waals surface area contributed by atoms with Gasteiger partial charge in [0.25, 0.3) is 5.69 Å². The molecule has 21 heavy (non-hydrogen) atoms. The van der Waals surface area contributed by atoms with Gasteiger partial charge in [-0.15, -0.1) is 0 Å². The van der Waals surface area contributed by atoms with Gasteiger partial charge in [0.15, 0.2) is 5.78 Å². The summed E-state index contributed by atoms with van der Waals surface area (Å²) in [5.41, 5.74) is 2.21. The molecule has 6 nitrogen and oxygen atoms in total. The number of aromatic nitrogens is 2. The van der Waals surface area contributed by atoms with E-state index >= 15 is 0 Å². The van der Waals surface area contributed by atoms with Gasteiger partial charge in [0, 0.05) is 18.6 Å². The molecule has 0 spiro atoms. The highest BCUT2D eigenvalue weighted by Gasteiger charge is 2.34. The molecule has 6 heteroatoms. The largest absolute Gasteiger partial charge is 0.294 e. The van der Waals surface area contributed by atoms with Crippen LogP contribution in [0, 0.1) is 15.5 Å². The van der Waals surface area contributed by atoms with Crippen LogP contribution in [-0.2, 0) is 6.42 Å². The van der Waals surface area contributed by atoms with Gasteiger partial charge in [-0.2, -0.15) is 5.10 Å². The van der Waals surface area contributed by atoms with Gasteiger partial charge in [0.05, 0.1) is 28.1 Å². The van der Waals surface area contributed by atoms with Gasteiger partial charge in [-0.05, 0) is 24.0 Å². The lowest BCUT2D eigenvalue weighted by Gasteiger charge is -2.28. The van der Waals surface area contributed by atoms with Gasteiger partial charge in [0.1, 0.15) is 0 Å². The summed E-state index contributed by atoms with van der Waals surface area (Å²) < 4.78 is 1.71. The number of ketones is 1. The number of nitrogens with zero attached hydrogens (tertiary/aromatic N) is 3. The Morgan fingerprint density at radius 1 is 1.24 bits per heavy atom. The first-order chi connectivity index (χ1) is 9.87. The predicted molar refractivity (Wildman–Crippen MR) is 76.7 cm³/mol. The van der Waals surface area contributed by atoms with E-state index < -0.39 is 4.92 Å². The van der Waals surface area contributed by atoms with Crippen molar-refractivity contribution in [2.45, 2.75) is 26.7 Å². The van der Waals surface area contributed by atoms with Crippen LogP contribution in [0.5, 0.6) is 0 Å². The maximum Gasteiger partial charge on any atom is 0.269 e. The van der Waals surface area contributed by atoms with E-state index in [1.165, 1.54) is 12.1 Å². The number of non-ortho nitro benzene ring substituents is 1. The van der Waals surface area contributed by atoms with E-state index in [2.05, 4.69) is 18.9 Å². The Bertz CT molecular complexity index is 729. The van der Waals surface area contributed by atoms with E-state index in [9.17, 15) is 14.9 Å². The number of Topliss-reactive ketones (excluding diaryl/α,β-unsaturated/α-hetero) is 1. The Labute approximate surface area is 121 Å². The fourth-order valence-electron chi connectivity index (χ4n) is 2.76. The van der Waals surface area contributed by atoms with Crippen molar-refractivity contribution in [3.05, 3.63) is 51.8 Å². The molecule has 2 aromatic rings. The number of carbonyl (C=O) groups excluding carboxylic acids is 1. The molecule has 3 rings (SSSR count). The van der Waals surface area contributed by atoms with Crippen molar-refractivity contribution in [1.29, 1.82) is 0 Å². The van der Waals surface area contributed by atoms with Crippen molar-refractivity contribution in [2.24, 2.45) is 5.41 Å². The molecule has 1 aliphatic carbocycles. The highest BCUT2D eigenvalue weighted by Crippen LogP contribution is 2.35. The molecule has 1 aromatic carbocycles. The summed E-state index contributed by atoms with van der Waals surface area (Å²) in [6.07, 6.45) is 2.87. The second kappa shape index (κ2) is 4.51. The van der Waals surface area contributed by atoms with Crippen molar-refractivity contribution in [3.63, 3.8) is 0 Å². The molecule has 0 saturated carbocycles. The molecule has 0 atom stereocenters. The van der Waals surface area contributed by atoms with E-state index in [1.807, 2.05) is 0 Å². The van der Waals surface area contributed by atoms with Crippen molar-refractivity contribution in [2.75, 3.05) is 0 Å². The number of hydrogen-bond acceptors (Lipinski definition) is 4. The van der Waals surface area contributed by atoms with E-state index in [0.717, 1.165) is 17.8 Å². The molecule has 0 unspecified atom stereocenters.